The Balaban J connectivity index is 2.92. The van der Waals surface area contributed by atoms with Crippen LogP contribution in [0.25, 0.3) is 0 Å². The number of halogens is 1. The van der Waals surface area contributed by atoms with Crippen LogP contribution in [0.15, 0.2) is 28.9 Å². The molecule has 0 radical (unpaired) electrons. The summed E-state index contributed by atoms with van der Waals surface area (Å²) in [6.07, 6.45) is 1.51. The molecule has 0 amide bonds. The zero-order valence-corrected chi connectivity index (χ0v) is 7.06. The zero-order valence-electron chi connectivity index (χ0n) is 6.30. The summed E-state index contributed by atoms with van der Waals surface area (Å²) >= 11 is 5.69. The van der Waals surface area contributed by atoms with Crippen LogP contribution in [0.5, 0.6) is 0 Å². The van der Waals surface area contributed by atoms with Crippen LogP contribution in [0.4, 0.5) is 0 Å². The molecule has 11 heavy (non-hydrogen) atoms. The maximum absolute atomic E-state index is 5.74. The van der Waals surface area contributed by atoms with E-state index in [4.69, 9.17) is 21.8 Å². The molecule has 1 rings (SSSR count). The van der Waals surface area contributed by atoms with E-state index in [1.165, 1.54) is 6.26 Å². The highest BCUT2D eigenvalue weighted by Crippen LogP contribution is 2.25. The summed E-state index contributed by atoms with van der Waals surface area (Å²) in [6.45, 7) is 5.58. The average Bonchev–Trinajstić information content (AvgIpc) is 2.33. The molecule has 0 aliphatic heterocycles. The Kier molecular flexibility index (Phi) is 2.37. The van der Waals surface area contributed by atoms with Gasteiger partial charge >= 0.3 is 0 Å². The Morgan fingerprint density at radius 2 is 2.45 bits per heavy atom. The average molecular weight is 172 g/mol. The van der Waals surface area contributed by atoms with Crippen LogP contribution in [-0.4, -0.2) is 0 Å². The maximum atomic E-state index is 5.74. The van der Waals surface area contributed by atoms with Crippen molar-refractivity contribution in [3.05, 3.63) is 35.3 Å². The molecule has 2 N–H and O–H groups in total. The van der Waals surface area contributed by atoms with Gasteiger partial charge in [0, 0.05) is 5.56 Å². The lowest BCUT2D eigenvalue weighted by molar-refractivity contribution is 0.564. The summed E-state index contributed by atoms with van der Waals surface area (Å²) in [5.41, 5.74) is 7.40. The number of nitrogens with two attached hydrogens (primary N) is 1. The molecule has 0 aromatic carbocycles. The van der Waals surface area contributed by atoms with Gasteiger partial charge in [-0.3, -0.25) is 0 Å². The van der Waals surface area contributed by atoms with Gasteiger partial charge in [0.05, 0.1) is 12.3 Å². The zero-order chi connectivity index (χ0) is 8.43. The van der Waals surface area contributed by atoms with E-state index in [1.54, 1.807) is 6.07 Å². The fraction of sp³-hybridized carbons (Fsp3) is 0.250. The van der Waals surface area contributed by atoms with E-state index in [0.29, 0.717) is 5.22 Å². The van der Waals surface area contributed by atoms with Crippen molar-refractivity contribution in [2.24, 2.45) is 5.73 Å². The van der Waals surface area contributed by atoms with Crippen molar-refractivity contribution in [2.45, 2.75) is 13.0 Å². The van der Waals surface area contributed by atoms with E-state index in [1.807, 2.05) is 6.92 Å². The molecule has 1 aromatic heterocycles. The van der Waals surface area contributed by atoms with Gasteiger partial charge in [-0.15, -0.1) is 0 Å². The molecule has 1 aromatic rings. The minimum atomic E-state index is -0.221. The Hall–Kier alpha value is -0.730. The third-order valence-electron chi connectivity index (χ3n) is 1.51. The highest BCUT2D eigenvalue weighted by atomic mass is 35.5. The Labute approximate surface area is 70.6 Å². The van der Waals surface area contributed by atoms with Gasteiger partial charge in [0.25, 0.3) is 0 Å². The van der Waals surface area contributed by atoms with E-state index in [0.717, 1.165) is 11.1 Å². The number of hydrogen-bond donors (Lipinski definition) is 1. The SMILES string of the molecule is C=C(C)C(N)c1ccoc1Cl. The summed E-state index contributed by atoms with van der Waals surface area (Å²) in [7, 11) is 0. The lowest BCUT2D eigenvalue weighted by atomic mass is 10.1. The molecule has 0 saturated heterocycles. The molecule has 0 bridgehead atoms. The lowest BCUT2D eigenvalue weighted by Crippen LogP contribution is -2.10. The van der Waals surface area contributed by atoms with Gasteiger partial charge in [-0.25, -0.2) is 0 Å². The van der Waals surface area contributed by atoms with Gasteiger partial charge in [-0.2, -0.15) is 0 Å². The van der Waals surface area contributed by atoms with Crippen LogP contribution < -0.4 is 5.73 Å². The highest BCUT2D eigenvalue weighted by molar-refractivity contribution is 6.29. The van der Waals surface area contributed by atoms with Crippen LogP contribution in [-0.2, 0) is 0 Å². The molecular formula is C8H10ClNO. The molecule has 0 fully saturated rings. The number of furan rings is 1. The minimum Gasteiger partial charge on any atom is -0.453 e. The predicted molar refractivity (Wildman–Crippen MR) is 45.5 cm³/mol. The van der Waals surface area contributed by atoms with Gasteiger partial charge in [0.1, 0.15) is 0 Å². The van der Waals surface area contributed by atoms with Crippen molar-refractivity contribution in [3.63, 3.8) is 0 Å². The summed E-state index contributed by atoms with van der Waals surface area (Å²) < 4.78 is 4.88. The number of hydrogen-bond acceptors (Lipinski definition) is 2. The molecule has 1 heterocycles. The van der Waals surface area contributed by atoms with E-state index < -0.39 is 0 Å². The molecular weight excluding hydrogens is 162 g/mol. The second-order valence-corrected chi connectivity index (χ2v) is 2.82. The second-order valence-electron chi connectivity index (χ2n) is 2.47. The third kappa shape index (κ3) is 1.64. The first-order valence-corrected chi connectivity index (χ1v) is 3.64. The predicted octanol–water partition coefficient (Wildman–Crippen LogP) is 2.51. The van der Waals surface area contributed by atoms with Crippen LogP contribution in [0.1, 0.15) is 18.5 Å². The molecule has 1 unspecified atom stereocenters. The van der Waals surface area contributed by atoms with E-state index >= 15 is 0 Å². The first-order valence-electron chi connectivity index (χ1n) is 3.27. The fourth-order valence-corrected chi connectivity index (χ4v) is 1.02. The molecule has 2 nitrogen and oxygen atoms in total. The van der Waals surface area contributed by atoms with E-state index in [2.05, 4.69) is 6.58 Å². The van der Waals surface area contributed by atoms with Gasteiger partial charge < -0.3 is 10.2 Å². The fourth-order valence-electron chi connectivity index (χ4n) is 0.792. The van der Waals surface area contributed by atoms with Gasteiger partial charge in [-0.05, 0) is 24.6 Å². The molecule has 0 aliphatic rings. The third-order valence-corrected chi connectivity index (χ3v) is 1.82. The van der Waals surface area contributed by atoms with Crippen LogP contribution in [0, 0.1) is 0 Å². The number of rotatable bonds is 2. The Morgan fingerprint density at radius 1 is 1.82 bits per heavy atom. The Morgan fingerprint density at radius 3 is 2.82 bits per heavy atom. The first-order chi connectivity index (χ1) is 5.13. The van der Waals surface area contributed by atoms with Crippen molar-refractivity contribution in [1.29, 1.82) is 0 Å². The monoisotopic (exact) mass is 171 g/mol. The molecule has 0 saturated carbocycles. The highest BCUT2D eigenvalue weighted by Gasteiger charge is 2.12. The molecule has 0 spiro atoms. The standard InChI is InChI=1S/C8H10ClNO/c1-5(2)7(10)6-3-4-11-8(6)9/h3-4,7H,1,10H2,2H3. The lowest BCUT2D eigenvalue weighted by Gasteiger charge is -2.07. The van der Waals surface area contributed by atoms with Crippen LogP contribution >= 0.6 is 11.6 Å². The van der Waals surface area contributed by atoms with Crippen LogP contribution in [0.3, 0.4) is 0 Å². The van der Waals surface area contributed by atoms with Crippen molar-refractivity contribution in [3.8, 4) is 0 Å². The summed E-state index contributed by atoms with van der Waals surface area (Å²) in [4.78, 5) is 0. The topological polar surface area (TPSA) is 39.2 Å². The van der Waals surface area contributed by atoms with Gasteiger partial charge in [-0.1, -0.05) is 12.2 Å². The maximum Gasteiger partial charge on any atom is 0.198 e. The quantitative estimate of drug-likeness (QED) is 0.695. The van der Waals surface area contributed by atoms with Crippen molar-refractivity contribution >= 4 is 11.6 Å². The Bertz CT molecular complexity index is 267. The van der Waals surface area contributed by atoms with Crippen LogP contribution in [0.2, 0.25) is 5.22 Å². The molecule has 0 aliphatic carbocycles. The van der Waals surface area contributed by atoms with E-state index in [-0.39, 0.29) is 6.04 Å². The molecule has 3 heteroatoms. The van der Waals surface area contributed by atoms with Crippen molar-refractivity contribution < 1.29 is 4.42 Å². The van der Waals surface area contributed by atoms with Crippen molar-refractivity contribution in [1.82, 2.24) is 0 Å². The summed E-state index contributed by atoms with van der Waals surface area (Å²) in [5.74, 6) is 0. The normalized spacial score (nSPS) is 13.0. The van der Waals surface area contributed by atoms with Crippen molar-refractivity contribution in [2.75, 3.05) is 0 Å². The summed E-state index contributed by atoms with van der Waals surface area (Å²) in [5, 5.41) is 0.348. The second kappa shape index (κ2) is 3.11. The largest absolute Gasteiger partial charge is 0.453 e. The smallest absolute Gasteiger partial charge is 0.198 e. The molecule has 60 valence electrons. The van der Waals surface area contributed by atoms with E-state index in [9.17, 15) is 0 Å². The first kappa shape index (κ1) is 8.37. The molecule has 1 atom stereocenters. The van der Waals surface area contributed by atoms with Gasteiger partial charge in [0.2, 0.25) is 0 Å². The minimum absolute atomic E-state index is 0.221. The van der Waals surface area contributed by atoms with Gasteiger partial charge in [0.15, 0.2) is 5.22 Å². The summed E-state index contributed by atoms with van der Waals surface area (Å²) in [6, 6.07) is 1.53.